The third kappa shape index (κ3) is 7.04. The van der Waals surface area contributed by atoms with Crippen LogP contribution in [0, 0.1) is 29.6 Å². The number of hydrogen-bond acceptors (Lipinski definition) is 9. The van der Waals surface area contributed by atoms with Gasteiger partial charge in [0.25, 0.3) is 5.91 Å². The number of likely N-dealkylation sites (tertiary alicyclic amines) is 1. The van der Waals surface area contributed by atoms with Crippen LogP contribution < -0.4 is 5.32 Å². The molecule has 0 unspecified atom stereocenters. The number of carbonyl (C=O) groups excluding carboxylic acids is 2. The van der Waals surface area contributed by atoms with Crippen LogP contribution in [0.5, 0.6) is 5.75 Å². The van der Waals surface area contributed by atoms with Gasteiger partial charge in [0.1, 0.15) is 23.5 Å². The Morgan fingerprint density at radius 3 is 2.63 bits per heavy atom. The predicted octanol–water partition coefficient (Wildman–Crippen LogP) is 1.46. The van der Waals surface area contributed by atoms with E-state index in [2.05, 4.69) is 34.0 Å². The molecule has 1 aromatic heterocycles. The third-order valence-electron chi connectivity index (χ3n) is 6.90. The predicted molar refractivity (Wildman–Crippen MR) is 155 cm³/mol. The minimum absolute atomic E-state index is 0.0178. The average Bonchev–Trinajstić information content (AvgIpc) is 3.33. The van der Waals surface area contributed by atoms with E-state index >= 15 is 0 Å². The van der Waals surface area contributed by atoms with Crippen molar-refractivity contribution in [2.24, 2.45) is 5.92 Å². The molecule has 10 nitrogen and oxygen atoms in total. The fourth-order valence-electron chi connectivity index (χ4n) is 4.16. The lowest BCUT2D eigenvalue weighted by Gasteiger charge is -2.35. The number of benzene rings is 2. The van der Waals surface area contributed by atoms with Gasteiger partial charge >= 0.3 is 0 Å². The summed E-state index contributed by atoms with van der Waals surface area (Å²) in [6.45, 7) is 1.62. The summed E-state index contributed by atoms with van der Waals surface area (Å²) < 4.78 is 24.7. The van der Waals surface area contributed by atoms with Crippen molar-refractivity contribution in [1.29, 1.82) is 0 Å². The molecule has 1 aliphatic heterocycles. The summed E-state index contributed by atoms with van der Waals surface area (Å²) in [6.07, 6.45) is -0.375. The topological polar surface area (TPSA) is 157 Å². The number of carbonyl (C=O) groups is 2. The van der Waals surface area contributed by atoms with Crippen LogP contribution >= 0.6 is 11.3 Å². The fourth-order valence-corrected chi connectivity index (χ4v) is 5.94. The fraction of sp³-hybridized carbons (Fsp3) is 0.345. The molecule has 4 N–H and O–H groups in total. The molecule has 0 bridgehead atoms. The number of hydrogen-bond donors (Lipinski definition) is 4. The molecule has 1 aliphatic rings. The Kier molecular flexibility index (Phi) is 9.00. The number of aliphatic hydroxyl groups excluding tert-OH is 2. The van der Waals surface area contributed by atoms with Crippen LogP contribution in [-0.4, -0.2) is 82.7 Å². The van der Waals surface area contributed by atoms with Crippen molar-refractivity contribution in [1.82, 2.24) is 15.2 Å². The Balaban J connectivity index is 1.43. The molecule has 0 saturated carbocycles. The molecule has 2 heterocycles. The van der Waals surface area contributed by atoms with Crippen LogP contribution in [0.4, 0.5) is 0 Å². The molecular formula is C29H29N3O7S2. The molecule has 0 aliphatic carbocycles. The number of fused-ring (bicyclic) bond motifs is 1. The van der Waals surface area contributed by atoms with Crippen molar-refractivity contribution in [2.75, 3.05) is 32.5 Å². The third-order valence-corrected chi connectivity index (χ3v) is 10.1. The van der Waals surface area contributed by atoms with Crippen molar-refractivity contribution in [2.45, 2.75) is 24.2 Å². The van der Waals surface area contributed by atoms with E-state index in [4.69, 9.17) is 5.11 Å². The van der Waals surface area contributed by atoms with E-state index in [1.807, 2.05) is 6.07 Å². The van der Waals surface area contributed by atoms with Crippen LogP contribution in [0.3, 0.4) is 0 Å². The Morgan fingerprint density at radius 2 is 1.95 bits per heavy atom. The highest BCUT2D eigenvalue weighted by molar-refractivity contribution is 7.92. The van der Waals surface area contributed by atoms with Crippen molar-refractivity contribution < 1.29 is 33.3 Å². The summed E-state index contributed by atoms with van der Waals surface area (Å²) in [5.74, 6) is 10.4. The molecule has 3 aromatic rings. The zero-order valence-electron chi connectivity index (χ0n) is 22.4. The highest BCUT2D eigenvalue weighted by Gasteiger charge is 2.39. The van der Waals surface area contributed by atoms with E-state index in [1.165, 1.54) is 35.3 Å². The van der Waals surface area contributed by atoms with E-state index in [9.17, 15) is 28.2 Å². The normalized spacial score (nSPS) is 15.5. The summed E-state index contributed by atoms with van der Waals surface area (Å²) in [5, 5.41) is 32.7. The lowest BCUT2D eigenvalue weighted by Crippen LogP contribution is -2.50. The number of sulfone groups is 1. The van der Waals surface area contributed by atoms with Gasteiger partial charge < -0.3 is 25.5 Å². The molecule has 0 spiro atoms. The molecule has 4 rings (SSSR count). The first-order valence-corrected chi connectivity index (χ1v) is 15.4. The average molecular weight is 596 g/mol. The van der Waals surface area contributed by atoms with E-state index < -0.39 is 33.2 Å². The monoisotopic (exact) mass is 595 g/mol. The number of phenols is 1. The van der Waals surface area contributed by atoms with E-state index in [0.29, 0.717) is 29.2 Å². The van der Waals surface area contributed by atoms with E-state index in [0.717, 1.165) is 11.0 Å². The second-order valence-corrected chi connectivity index (χ2v) is 13.6. The van der Waals surface area contributed by atoms with Crippen molar-refractivity contribution in [3.05, 3.63) is 58.6 Å². The van der Waals surface area contributed by atoms with Gasteiger partial charge in [-0.1, -0.05) is 24.0 Å². The second-order valence-electron chi connectivity index (χ2n) is 10.0. The number of aromatic hydroxyl groups is 1. The van der Waals surface area contributed by atoms with E-state index in [1.54, 1.807) is 24.3 Å². The Bertz CT molecular complexity index is 1710. The van der Waals surface area contributed by atoms with Gasteiger partial charge in [0.15, 0.2) is 9.84 Å². The highest BCUT2D eigenvalue weighted by Crippen LogP contribution is 2.34. The zero-order valence-corrected chi connectivity index (χ0v) is 24.1. The maximum Gasteiger partial charge on any atom is 0.255 e. The van der Waals surface area contributed by atoms with Crippen molar-refractivity contribution in [3.8, 4) is 29.4 Å². The number of rotatable bonds is 8. The summed E-state index contributed by atoms with van der Waals surface area (Å²) in [5.41, 5.74) is 1.33. The molecule has 2 aromatic carbocycles. The summed E-state index contributed by atoms with van der Waals surface area (Å²) in [6, 6.07) is 11.3. The molecule has 2 atom stereocenters. The maximum atomic E-state index is 12.7. The van der Waals surface area contributed by atoms with Crippen LogP contribution in [0.15, 0.2) is 42.5 Å². The van der Waals surface area contributed by atoms with Gasteiger partial charge in [-0.05, 0) is 49.1 Å². The first-order valence-electron chi connectivity index (χ1n) is 12.6. The quantitative estimate of drug-likeness (QED) is 0.285. The van der Waals surface area contributed by atoms with Gasteiger partial charge in [-0.3, -0.25) is 9.59 Å². The second kappa shape index (κ2) is 12.3. The number of nitrogens with one attached hydrogen (secondary N) is 1. The summed E-state index contributed by atoms with van der Waals surface area (Å²) >= 11 is 1.22. The van der Waals surface area contributed by atoms with Crippen LogP contribution in [-0.2, 0) is 14.6 Å². The van der Waals surface area contributed by atoms with Crippen LogP contribution in [0.1, 0.15) is 40.4 Å². The van der Waals surface area contributed by atoms with Gasteiger partial charge in [-0.2, -0.15) is 0 Å². The molecule has 2 amide bonds. The summed E-state index contributed by atoms with van der Waals surface area (Å²) in [7, 11) is -3.74. The standard InChI is InChI=1S/C29H29N3O7S2/c1-29(41(2,38)39,18-30-27(37)21-9-5-6-10-23(21)34)14-24(35)28-31-22-12-11-19(13-25(22)40-28)7-3-4-8-20-15-32(16-20)26(36)17-33/h5-6,9-13,20,24,33-35H,14-18H2,1-2H3,(H,30,37)/t24-,29-/m1/s1. The molecule has 1 saturated heterocycles. The lowest BCUT2D eigenvalue weighted by atomic mass is 10.0. The zero-order chi connectivity index (χ0) is 29.8. The smallest absolute Gasteiger partial charge is 0.255 e. The minimum atomic E-state index is -3.74. The largest absolute Gasteiger partial charge is 0.507 e. The SMILES string of the molecule is C[C@](CNC(=O)c1ccccc1O)(C[C@@H](O)c1nc2ccc(C#CC#CC3CN(C(=O)CO)C3)cc2s1)S(C)(=O)=O. The molecule has 214 valence electrons. The number of para-hydroxylation sites is 1. The lowest BCUT2D eigenvalue weighted by molar-refractivity contribution is -0.139. The Hall–Kier alpha value is -3.94. The van der Waals surface area contributed by atoms with Gasteiger partial charge in [0.05, 0.1) is 26.4 Å². The number of nitrogens with zero attached hydrogens (tertiary/aromatic N) is 2. The van der Waals surface area contributed by atoms with Gasteiger partial charge in [0.2, 0.25) is 5.91 Å². The first-order chi connectivity index (χ1) is 19.4. The Morgan fingerprint density at radius 1 is 1.22 bits per heavy atom. The number of aromatic nitrogens is 1. The maximum absolute atomic E-state index is 12.7. The molecule has 41 heavy (non-hydrogen) atoms. The van der Waals surface area contributed by atoms with E-state index in [-0.39, 0.29) is 36.1 Å². The first kappa shape index (κ1) is 30.0. The van der Waals surface area contributed by atoms with Crippen LogP contribution in [0.2, 0.25) is 0 Å². The summed E-state index contributed by atoms with van der Waals surface area (Å²) in [4.78, 5) is 29.9. The number of aliphatic hydroxyl groups is 2. The number of thiazole rings is 1. The van der Waals surface area contributed by atoms with Gasteiger partial charge in [-0.15, -0.1) is 11.3 Å². The van der Waals surface area contributed by atoms with Crippen LogP contribution in [0.25, 0.3) is 10.2 Å². The van der Waals surface area contributed by atoms with Gasteiger partial charge in [0, 0.05) is 37.9 Å². The van der Waals surface area contributed by atoms with Gasteiger partial charge in [-0.25, -0.2) is 13.4 Å². The highest BCUT2D eigenvalue weighted by atomic mass is 32.2. The van der Waals surface area contributed by atoms with Crippen molar-refractivity contribution >= 4 is 43.2 Å². The molecule has 12 heteroatoms. The Labute approximate surface area is 242 Å². The number of phenolic OH excluding ortho intramolecular Hbond substituents is 1. The minimum Gasteiger partial charge on any atom is -0.507 e. The number of amides is 2. The van der Waals surface area contributed by atoms with Crippen molar-refractivity contribution in [3.63, 3.8) is 0 Å². The molecule has 1 fully saturated rings. The molecular weight excluding hydrogens is 566 g/mol. The molecule has 0 radical (unpaired) electrons.